The average Bonchev–Trinajstić information content (AvgIpc) is 3.17. The molecule has 3 rings (SSSR count). The Morgan fingerprint density at radius 3 is 2.50 bits per heavy atom. The van der Waals surface area contributed by atoms with Gasteiger partial charge in [0.2, 0.25) is 11.7 Å². The number of anilines is 1. The first-order valence-electron chi connectivity index (χ1n) is 7.53. The fourth-order valence-electron chi connectivity index (χ4n) is 2.35. The maximum Gasteiger partial charge on any atom is 0.294 e. The highest BCUT2D eigenvalue weighted by Gasteiger charge is 2.23. The van der Waals surface area contributed by atoms with Crippen LogP contribution in [-0.4, -0.2) is 43.3 Å². The fraction of sp³-hybridized carbons (Fsp3) is 0.125. The molecule has 0 saturated carbocycles. The number of amides is 2. The van der Waals surface area contributed by atoms with E-state index in [2.05, 4.69) is 25.3 Å². The zero-order valence-corrected chi connectivity index (χ0v) is 13.6. The quantitative estimate of drug-likeness (QED) is 0.285. The number of imidazole rings is 2. The molecule has 0 spiro atoms. The van der Waals surface area contributed by atoms with Gasteiger partial charge in [0, 0.05) is 0 Å². The number of benzene rings is 1. The lowest BCUT2D eigenvalue weighted by atomic mass is 10.1. The predicted molar refractivity (Wildman–Crippen MR) is 90.5 cm³/mol. The predicted octanol–water partition coefficient (Wildman–Crippen LogP) is 0.474. The van der Waals surface area contributed by atoms with Gasteiger partial charge in [-0.25, -0.2) is 9.97 Å². The van der Waals surface area contributed by atoms with Crippen molar-refractivity contribution in [2.75, 3.05) is 5.32 Å². The summed E-state index contributed by atoms with van der Waals surface area (Å²) in [5.74, 6) is -3.53. The van der Waals surface area contributed by atoms with Crippen molar-refractivity contribution < 1.29 is 19.2 Å². The molecular weight excluding hydrogens is 340 g/mol. The van der Waals surface area contributed by atoms with E-state index in [4.69, 9.17) is 5.73 Å². The molecule has 0 radical (unpaired) electrons. The van der Waals surface area contributed by atoms with Crippen molar-refractivity contribution >= 4 is 40.4 Å². The number of para-hydroxylation sites is 2. The molecule has 0 fully saturated rings. The maximum atomic E-state index is 12.2. The second-order valence-electron chi connectivity index (χ2n) is 5.49. The molecule has 2 heterocycles. The number of fused-ring (bicyclic) bond motifs is 1. The number of nitrogens with zero attached hydrogens (tertiary/aromatic N) is 2. The third kappa shape index (κ3) is 3.34. The summed E-state index contributed by atoms with van der Waals surface area (Å²) >= 11 is 0. The molecule has 0 saturated heterocycles. The van der Waals surface area contributed by atoms with E-state index < -0.39 is 29.8 Å². The summed E-state index contributed by atoms with van der Waals surface area (Å²) in [6.45, 7) is 1.48. The lowest BCUT2D eigenvalue weighted by molar-refractivity contribution is -0.134. The Kier molecular flexibility index (Phi) is 4.31. The average molecular weight is 354 g/mol. The van der Waals surface area contributed by atoms with Gasteiger partial charge in [0.1, 0.15) is 5.69 Å². The van der Waals surface area contributed by atoms with E-state index in [0.29, 0.717) is 11.0 Å². The first-order valence-corrected chi connectivity index (χ1v) is 7.53. The van der Waals surface area contributed by atoms with Crippen LogP contribution >= 0.6 is 0 Å². The van der Waals surface area contributed by atoms with Crippen LogP contribution in [0.25, 0.3) is 11.0 Å². The van der Waals surface area contributed by atoms with Gasteiger partial charge in [-0.2, -0.15) is 0 Å². The van der Waals surface area contributed by atoms with Crippen LogP contribution in [0.5, 0.6) is 0 Å². The number of Topliss-reactive ketones (excluding diaryl/α,β-unsaturated/α-hetero) is 2. The summed E-state index contributed by atoms with van der Waals surface area (Å²) in [5.41, 5.74) is 6.57. The molecular formula is C16H14N6O4. The van der Waals surface area contributed by atoms with Gasteiger partial charge in [0.05, 0.1) is 23.1 Å². The Hall–Kier alpha value is -3.82. The second kappa shape index (κ2) is 6.59. The van der Waals surface area contributed by atoms with Crippen molar-refractivity contribution in [2.24, 2.45) is 5.73 Å². The first kappa shape index (κ1) is 17.0. The smallest absolute Gasteiger partial charge is 0.294 e. The van der Waals surface area contributed by atoms with E-state index in [0.717, 1.165) is 0 Å². The van der Waals surface area contributed by atoms with Gasteiger partial charge in [-0.05, 0) is 19.1 Å². The van der Waals surface area contributed by atoms with Crippen LogP contribution < -0.4 is 11.1 Å². The van der Waals surface area contributed by atoms with Crippen molar-refractivity contribution in [1.29, 1.82) is 0 Å². The third-order valence-electron chi connectivity index (χ3n) is 3.59. The normalized spacial score (nSPS) is 10.7. The minimum atomic E-state index is -0.982. The standard InChI is InChI=1S/C16H14N6O4/c1-7-12(21-14(18-7)13(17)25)10(23)6-11(24)15(26)22-16-19-8-4-2-3-5-9(8)20-16/h2-5H,6H2,1H3,(H2,17,25)(H,18,21)(H2,19,20,22,26). The van der Waals surface area contributed by atoms with Crippen molar-refractivity contribution in [1.82, 2.24) is 19.9 Å². The molecule has 5 N–H and O–H groups in total. The van der Waals surface area contributed by atoms with Gasteiger partial charge in [0.25, 0.3) is 11.8 Å². The number of H-pyrrole nitrogens is 2. The molecule has 10 nitrogen and oxygen atoms in total. The van der Waals surface area contributed by atoms with Gasteiger partial charge in [-0.3, -0.25) is 24.5 Å². The fourth-order valence-corrected chi connectivity index (χ4v) is 2.35. The number of rotatable bonds is 6. The number of carbonyl (C=O) groups excluding carboxylic acids is 4. The summed E-state index contributed by atoms with van der Waals surface area (Å²) < 4.78 is 0. The van der Waals surface area contributed by atoms with Crippen molar-refractivity contribution in [2.45, 2.75) is 13.3 Å². The van der Waals surface area contributed by atoms with E-state index in [-0.39, 0.29) is 23.2 Å². The molecule has 0 unspecified atom stereocenters. The Morgan fingerprint density at radius 2 is 1.85 bits per heavy atom. The molecule has 2 amide bonds. The maximum absolute atomic E-state index is 12.2. The van der Waals surface area contributed by atoms with Gasteiger partial charge in [-0.15, -0.1) is 0 Å². The van der Waals surface area contributed by atoms with Crippen LogP contribution in [0.1, 0.15) is 33.2 Å². The number of primary amides is 1. The number of hydrogen-bond acceptors (Lipinski definition) is 6. The largest absolute Gasteiger partial charge is 0.363 e. The molecule has 2 aromatic heterocycles. The molecule has 0 aliphatic carbocycles. The van der Waals surface area contributed by atoms with Crippen molar-refractivity contribution in [3.05, 3.63) is 41.5 Å². The molecule has 0 aliphatic heterocycles. The SMILES string of the molecule is Cc1nc(C(N)=O)[nH]c1C(=O)CC(=O)C(=O)Nc1nc2ccccc2[nH]1. The minimum absolute atomic E-state index is 0.0383. The Labute approximate surface area is 146 Å². The molecule has 0 atom stereocenters. The topological polar surface area (TPSA) is 164 Å². The van der Waals surface area contributed by atoms with Crippen LogP contribution in [0.2, 0.25) is 0 Å². The van der Waals surface area contributed by atoms with Crippen LogP contribution in [0.15, 0.2) is 24.3 Å². The van der Waals surface area contributed by atoms with E-state index in [1.54, 1.807) is 24.3 Å². The molecule has 3 aromatic rings. The zero-order valence-electron chi connectivity index (χ0n) is 13.6. The van der Waals surface area contributed by atoms with Crippen LogP contribution in [0.3, 0.4) is 0 Å². The number of hydrogen-bond donors (Lipinski definition) is 4. The van der Waals surface area contributed by atoms with E-state index in [9.17, 15) is 19.2 Å². The summed E-state index contributed by atoms with van der Waals surface area (Å²) in [7, 11) is 0. The number of carbonyl (C=O) groups is 4. The van der Waals surface area contributed by atoms with E-state index >= 15 is 0 Å². The van der Waals surface area contributed by atoms with Gasteiger partial charge in [0.15, 0.2) is 11.6 Å². The highest BCUT2D eigenvalue weighted by Crippen LogP contribution is 2.13. The second-order valence-corrected chi connectivity index (χ2v) is 5.49. The van der Waals surface area contributed by atoms with Gasteiger partial charge in [-0.1, -0.05) is 12.1 Å². The number of aromatic amines is 2. The lowest BCUT2D eigenvalue weighted by Crippen LogP contribution is -2.26. The molecule has 10 heteroatoms. The minimum Gasteiger partial charge on any atom is -0.363 e. The van der Waals surface area contributed by atoms with Crippen LogP contribution in [0, 0.1) is 6.92 Å². The number of nitrogens with one attached hydrogen (secondary N) is 3. The Morgan fingerprint density at radius 1 is 1.12 bits per heavy atom. The molecule has 1 aromatic carbocycles. The van der Waals surface area contributed by atoms with E-state index in [1.165, 1.54) is 6.92 Å². The molecule has 132 valence electrons. The summed E-state index contributed by atoms with van der Waals surface area (Å²) in [5, 5.41) is 2.32. The number of ketones is 2. The number of aryl methyl sites for hydroxylation is 1. The Balaban J connectivity index is 1.68. The van der Waals surface area contributed by atoms with Crippen molar-refractivity contribution in [3.8, 4) is 0 Å². The Bertz CT molecular complexity index is 1020. The van der Waals surface area contributed by atoms with Gasteiger partial charge >= 0.3 is 0 Å². The highest BCUT2D eigenvalue weighted by molar-refractivity contribution is 6.43. The van der Waals surface area contributed by atoms with Crippen molar-refractivity contribution in [3.63, 3.8) is 0 Å². The monoisotopic (exact) mass is 354 g/mol. The zero-order chi connectivity index (χ0) is 18.8. The highest BCUT2D eigenvalue weighted by atomic mass is 16.2. The molecule has 0 bridgehead atoms. The number of nitrogens with two attached hydrogens (primary N) is 1. The van der Waals surface area contributed by atoms with Crippen LogP contribution in [-0.2, 0) is 9.59 Å². The van der Waals surface area contributed by atoms with Crippen LogP contribution in [0.4, 0.5) is 5.95 Å². The summed E-state index contributed by atoms with van der Waals surface area (Å²) in [6.07, 6.45) is -0.687. The lowest BCUT2D eigenvalue weighted by Gasteiger charge is -2.01. The molecule has 26 heavy (non-hydrogen) atoms. The van der Waals surface area contributed by atoms with Gasteiger partial charge < -0.3 is 15.7 Å². The first-order chi connectivity index (χ1) is 12.3. The third-order valence-corrected chi connectivity index (χ3v) is 3.59. The summed E-state index contributed by atoms with van der Waals surface area (Å²) in [6, 6.07) is 7.08. The van der Waals surface area contributed by atoms with E-state index in [1.807, 2.05) is 0 Å². The number of aromatic nitrogens is 4. The molecule has 0 aliphatic rings. The summed E-state index contributed by atoms with van der Waals surface area (Å²) in [4.78, 5) is 60.4.